The Morgan fingerprint density at radius 1 is 1.27 bits per heavy atom. The van der Waals surface area contributed by atoms with E-state index < -0.39 is 0 Å². The molecule has 1 aliphatic heterocycles. The molecule has 0 spiro atoms. The summed E-state index contributed by atoms with van der Waals surface area (Å²) in [5.74, 6) is 2.43. The van der Waals surface area contributed by atoms with Crippen LogP contribution < -0.4 is 25.3 Å². The van der Waals surface area contributed by atoms with Crippen LogP contribution in [0.15, 0.2) is 41.5 Å². The molecule has 0 unspecified atom stereocenters. The molecule has 0 bridgehead atoms. The van der Waals surface area contributed by atoms with Gasteiger partial charge in [-0.1, -0.05) is 6.07 Å². The number of rotatable bonds is 5. The Morgan fingerprint density at radius 3 is 2.88 bits per heavy atom. The number of guanidine groups is 1. The molecule has 0 atom stereocenters. The summed E-state index contributed by atoms with van der Waals surface area (Å²) in [4.78, 5) is 8.52. The highest BCUT2D eigenvalue weighted by molar-refractivity contribution is 14.0. The van der Waals surface area contributed by atoms with Crippen LogP contribution in [0, 0.1) is 0 Å². The van der Waals surface area contributed by atoms with E-state index in [0.29, 0.717) is 38.0 Å². The molecule has 7 nitrogen and oxygen atoms in total. The molecular weight excluding hydrogens is 447 g/mol. The topological polar surface area (TPSA) is 91.0 Å². The van der Waals surface area contributed by atoms with E-state index in [1.807, 2.05) is 30.3 Å². The van der Waals surface area contributed by atoms with Crippen molar-refractivity contribution >= 4 is 35.6 Å². The Hall–Kier alpha value is -2.23. The third kappa shape index (κ3) is 5.38. The van der Waals surface area contributed by atoms with Crippen molar-refractivity contribution < 1.29 is 14.2 Å². The Labute approximate surface area is 170 Å². The maximum atomic E-state index is 5.97. The van der Waals surface area contributed by atoms with Gasteiger partial charge in [-0.25, -0.2) is 4.98 Å². The van der Waals surface area contributed by atoms with Gasteiger partial charge in [-0.15, -0.1) is 24.0 Å². The average molecular weight is 470 g/mol. The molecule has 0 radical (unpaired) electrons. The van der Waals surface area contributed by atoms with Crippen molar-refractivity contribution in [3.05, 3.63) is 42.1 Å². The first-order chi connectivity index (χ1) is 12.3. The van der Waals surface area contributed by atoms with E-state index in [1.165, 1.54) is 0 Å². The largest absolute Gasteiger partial charge is 0.490 e. The smallest absolute Gasteiger partial charge is 0.216 e. The number of nitrogens with two attached hydrogens (primary N) is 1. The molecule has 3 N–H and O–H groups in total. The number of methoxy groups -OCH3 is 1. The Bertz CT molecular complexity index is 755. The lowest BCUT2D eigenvalue weighted by molar-refractivity contribution is 0.297. The van der Waals surface area contributed by atoms with Crippen LogP contribution in [0.3, 0.4) is 0 Å². The number of nitrogens with one attached hydrogen (secondary N) is 1. The van der Waals surface area contributed by atoms with Crippen molar-refractivity contribution in [2.45, 2.75) is 12.8 Å². The summed E-state index contributed by atoms with van der Waals surface area (Å²) in [6.07, 6.45) is 3.27. The Balaban J connectivity index is 0.00000243. The maximum absolute atomic E-state index is 5.97. The van der Waals surface area contributed by atoms with E-state index in [2.05, 4.69) is 15.3 Å². The highest BCUT2D eigenvalue weighted by atomic mass is 127. The van der Waals surface area contributed by atoms with Crippen molar-refractivity contribution in [1.29, 1.82) is 0 Å². The predicted molar refractivity (Wildman–Crippen MR) is 112 cm³/mol. The van der Waals surface area contributed by atoms with Crippen LogP contribution in [0.1, 0.15) is 12.0 Å². The van der Waals surface area contributed by atoms with Crippen molar-refractivity contribution in [1.82, 2.24) is 4.98 Å². The second-order valence-corrected chi connectivity index (χ2v) is 5.53. The zero-order valence-electron chi connectivity index (χ0n) is 14.6. The molecule has 8 heteroatoms. The van der Waals surface area contributed by atoms with Gasteiger partial charge in [0, 0.05) is 36.5 Å². The molecule has 0 saturated heterocycles. The van der Waals surface area contributed by atoms with E-state index in [1.54, 1.807) is 13.3 Å². The van der Waals surface area contributed by atoms with Gasteiger partial charge in [0.2, 0.25) is 5.88 Å². The molecule has 2 heterocycles. The summed E-state index contributed by atoms with van der Waals surface area (Å²) >= 11 is 0. The molecule has 1 aromatic carbocycles. The monoisotopic (exact) mass is 470 g/mol. The van der Waals surface area contributed by atoms with Crippen LogP contribution in [-0.2, 0) is 6.42 Å². The maximum Gasteiger partial charge on any atom is 0.216 e. The Kier molecular flexibility index (Phi) is 7.76. The number of nitrogens with zero attached hydrogens (tertiary/aromatic N) is 2. The van der Waals surface area contributed by atoms with E-state index in [0.717, 1.165) is 29.2 Å². The second-order valence-electron chi connectivity index (χ2n) is 5.53. The van der Waals surface area contributed by atoms with Gasteiger partial charge in [-0.2, -0.15) is 0 Å². The molecule has 140 valence electrons. The van der Waals surface area contributed by atoms with Gasteiger partial charge in [-0.05, 0) is 24.6 Å². The van der Waals surface area contributed by atoms with Gasteiger partial charge < -0.3 is 25.3 Å². The van der Waals surface area contributed by atoms with Gasteiger partial charge in [0.15, 0.2) is 17.5 Å². The van der Waals surface area contributed by atoms with Gasteiger partial charge in [-0.3, -0.25) is 4.99 Å². The summed E-state index contributed by atoms with van der Waals surface area (Å²) < 4.78 is 16.5. The second kappa shape index (κ2) is 10.0. The normalized spacial score (nSPS) is 13.3. The van der Waals surface area contributed by atoms with Crippen molar-refractivity contribution in [3.63, 3.8) is 0 Å². The minimum Gasteiger partial charge on any atom is -0.490 e. The third-order valence-corrected chi connectivity index (χ3v) is 3.73. The molecule has 2 aromatic rings. The van der Waals surface area contributed by atoms with Crippen LogP contribution in [0.25, 0.3) is 0 Å². The van der Waals surface area contributed by atoms with Crippen LogP contribution >= 0.6 is 24.0 Å². The number of hydrogen-bond donors (Lipinski definition) is 2. The van der Waals surface area contributed by atoms with Gasteiger partial charge in [0.1, 0.15) is 0 Å². The Morgan fingerprint density at radius 2 is 2.08 bits per heavy atom. The number of benzene rings is 1. The van der Waals surface area contributed by atoms with Crippen LogP contribution in [0.5, 0.6) is 17.4 Å². The SMILES string of the molecule is COc1ncccc1CCN=C(N)Nc1ccc2c(c1)OCCCO2.I. The zero-order chi connectivity index (χ0) is 17.5. The molecular formula is C18H23IN4O3. The lowest BCUT2D eigenvalue weighted by Gasteiger charge is -2.11. The lowest BCUT2D eigenvalue weighted by atomic mass is 10.2. The fourth-order valence-corrected chi connectivity index (χ4v) is 2.52. The lowest BCUT2D eigenvalue weighted by Crippen LogP contribution is -2.23. The number of halogens is 1. The first-order valence-electron chi connectivity index (χ1n) is 8.21. The summed E-state index contributed by atoms with van der Waals surface area (Å²) in [6, 6.07) is 9.47. The summed E-state index contributed by atoms with van der Waals surface area (Å²) in [5.41, 5.74) is 7.77. The van der Waals surface area contributed by atoms with Crippen molar-refractivity contribution in [2.24, 2.45) is 10.7 Å². The van der Waals surface area contributed by atoms with Crippen molar-refractivity contribution in [2.75, 3.05) is 32.2 Å². The van der Waals surface area contributed by atoms with Crippen LogP contribution in [0.4, 0.5) is 5.69 Å². The molecule has 0 aliphatic carbocycles. The van der Waals surface area contributed by atoms with E-state index in [4.69, 9.17) is 19.9 Å². The van der Waals surface area contributed by atoms with Crippen molar-refractivity contribution in [3.8, 4) is 17.4 Å². The summed E-state index contributed by atoms with van der Waals surface area (Å²) in [5, 5.41) is 3.07. The minimum absolute atomic E-state index is 0. The molecule has 3 rings (SSSR count). The van der Waals surface area contributed by atoms with E-state index >= 15 is 0 Å². The highest BCUT2D eigenvalue weighted by Crippen LogP contribution is 2.32. The first-order valence-corrected chi connectivity index (χ1v) is 8.21. The third-order valence-electron chi connectivity index (χ3n) is 3.73. The zero-order valence-corrected chi connectivity index (χ0v) is 16.9. The molecule has 1 aromatic heterocycles. The number of fused-ring (bicyclic) bond motifs is 1. The van der Waals surface area contributed by atoms with Gasteiger partial charge >= 0.3 is 0 Å². The molecule has 0 amide bonds. The van der Waals surface area contributed by atoms with Crippen LogP contribution in [-0.4, -0.2) is 37.8 Å². The number of hydrogen-bond acceptors (Lipinski definition) is 5. The minimum atomic E-state index is 0. The molecule has 26 heavy (non-hydrogen) atoms. The highest BCUT2D eigenvalue weighted by Gasteiger charge is 2.11. The first kappa shape index (κ1) is 20.1. The molecule has 0 saturated carbocycles. The summed E-state index contributed by atoms with van der Waals surface area (Å²) in [7, 11) is 1.61. The van der Waals surface area contributed by atoms with E-state index in [9.17, 15) is 0 Å². The van der Waals surface area contributed by atoms with Crippen LogP contribution in [0.2, 0.25) is 0 Å². The average Bonchev–Trinajstić information content (AvgIpc) is 2.87. The van der Waals surface area contributed by atoms with Gasteiger partial charge in [0.25, 0.3) is 0 Å². The number of aliphatic imine (C=N–C) groups is 1. The number of aromatic nitrogens is 1. The van der Waals surface area contributed by atoms with E-state index in [-0.39, 0.29) is 24.0 Å². The number of pyridine rings is 1. The molecule has 1 aliphatic rings. The fraction of sp³-hybridized carbons (Fsp3) is 0.333. The summed E-state index contributed by atoms with van der Waals surface area (Å²) in [6.45, 7) is 1.85. The molecule has 0 fully saturated rings. The number of ether oxygens (including phenoxy) is 3. The van der Waals surface area contributed by atoms with Gasteiger partial charge in [0.05, 0.1) is 20.3 Å². The predicted octanol–water partition coefficient (Wildman–Crippen LogP) is 2.84. The quantitative estimate of drug-likeness (QED) is 0.397. The number of anilines is 1. The standard InChI is InChI=1S/C18H22N4O3.HI/c1-23-17-13(4-2-8-20-17)7-9-21-18(19)22-14-5-6-15-16(12-14)25-11-3-10-24-15;/h2,4-6,8,12H,3,7,9-11H2,1H3,(H3,19,21,22);1H. The fourth-order valence-electron chi connectivity index (χ4n) is 2.52.